The summed E-state index contributed by atoms with van der Waals surface area (Å²) in [6.07, 6.45) is 19.6. The molecule has 1 saturated carbocycles. The zero-order chi connectivity index (χ0) is 17.3. The molecule has 0 bridgehead atoms. The first-order chi connectivity index (χ1) is 11.8. The van der Waals surface area contributed by atoms with E-state index >= 15 is 0 Å². The molecule has 1 aliphatic rings. The Labute approximate surface area is 150 Å². The van der Waals surface area contributed by atoms with Gasteiger partial charge in [-0.2, -0.15) is 0 Å². The number of hydrogen-bond acceptors (Lipinski definition) is 2. The van der Waals surface area contributed by atoms with Crippen molar-refractivity contribution >= 4 is 5.97 Å². The molecule has 0 N–H and O–H groups in total. The molecule has 2 heteroatoms. The molecule has 0 unspecified atom stereocenters. The summed E-state index contributed by atoms with van der Waals surface area (Å²) in [5.74, 6) is 6.92. The van der Waals surface area contributed by atoms with Gasteiger partial charge in [0.15, 0.2) is 0 Å². The minimum absolute atomic E-state index is 0.0366. The highest BCUT2D eigenvalue weighted by Gasteiger charge is 2.30. The predicted molar refractivity (Wildman–Crippen MR) is 102 cm³/mol. The number of carbonyl (C=O) groups is 1. The first kappa shape index (κ1) is 21.1. The van der Waals surface area contributed by atoms with Gasteiger partial charge in [0, 0.05) is 12.8 Å². The summed E-state index contributed by atoms with van der Waals surface area (Å²) in [5, 5.41) is 0. The smallest absolute Gasteiger partial charge is 0.308 e. The van der Waals surface area contributed by atoms with E-state index in [2.05, 4.69) is 18.8 Å². The van der Waals surface area contributed by atoms with Gasteiger partial charge in [-0.1, -0.05) is 64.7 Å². The van der Waals surface area contributed by atoms with Gasteiger partial charge in [0.25, 0.3) is 0 Å². The van der Waals surface area contributed by atoms with Gasteiger partial charge in [-0.25, -0.2) is 0 Å². The summed E-state index contributed by atoms with van der Waals surface area (Å²) < 4.78 is 5.23. The number of unbranched alkanes of at least 4 members (excludes halogenated alkanes) is 12. The Morgan fingerprint density at radius 2 is 1.29 bits per heavy atom. The molecule has 0 radical (unpaired) electrons. The van der Waals surface area contributed by atoms with Gasteiger partial charge in [-0.05, 0) is 32.1 Å². The van der Waals surface area contributed by atoms with Crippen LogP contribution in [0, 0.1) is 17.8 Å². The molecule has 0 aliphatic heterocycles. The SMILES string of the molecule is CCCCCCCCC#CCCCCCCCCOC(=O)C1CC1. The maximum Gasteiger partial charge on any atom is 0.308 e. The van der Waals surface area contributed by atoms with Gasteiger partial charge >= 0.3 is 5.97 Å². The molecular formula is C22H38O2. The van der Waals surface area contributed by atoms with Gasteiger partial charge in [0.2, 0.25) is 0 Å². The Morgan fingerprint density at radius 3 is 1.83 bits per heavy atom. The van der Waals surface area contributed by atoms with Crippen LogP contribution in [-0.4, -0.2) is 12.6 Å². The zero-order valence-electron chi connectivity index (χ0n) is 15.9. The Bertz CT molecular complexity index is 360. The Kier molecular flexibility index (Phi) is 13.7. The van der Waals surface area contributed by atoms with Crippen LogP contribution in [0.3, 0.4) is 0 Å². The van der Waals surface area contributed by atoms with E-state index in [0.717, 1.165) is 32.1 Å². The van der Waals surface area contributed by atoms with E-state index in [1.54, 1.807) is 0 Å². The van der Waals surface area contributed by atoms with Crippen molar-refractivity contribution in [1.82, 2.24) is 0 Å². The first-order valence-electron chi connectivity index (χ1n) is 10.5. The quantitative estimate of drug-likeness (QED) is 0.196. The molecule has 138 valence electrons. The van der Waals surface area contributed by atoms with Crippen LogP contribution < -0.4 is 0 Å². The molecule has 0 amide bonds. The van der Waals surface area contributed by atoms with E-state index in [0.29, 0.717) is 6.61 Å². The molecule has 0 atom stereocenters. The van der Waals surface area contributed by atoms with Crippen molar-refractivity contribution in [1.29, 1.82) is 0 Å². The summed E-state index contributed by atoms with van der Waals surface area (Å²) >= 11 is 0. The average molecular weight is 335 g/mol. The molecule has 0 aromatic heterocycles. The van der Waals surface area contributed by atoms with Crippen molar-refractivity contribution in [3.8, 4) is 11.8 Å². The lowest BCUT2D eigenvalue weighted by molar-refractivity contribution is -0.145. The maximum atomic E-state index is 11.3. The lowest BCUT2D eigenvalue weighted by Gasteiger charge is -2.03. The molecule has 1 rings (SSSR count). The third-order valence-electron chi connectivity index (χ3n) is 4.63. The van der Waals surface area contributed by atoms with Gasteiger partial charge in [0.05, 0.1) is 12.5 Å². The van der Waals surface area contributed by atoms with Crippen LogP contribution in [0.1, 0.15) is 110 Å². The van der Waals surface area contributed by atoms with Crippen molar-refractivity contribution in [2.75, 3.05) is 6.61 Å². The van der Waals surface area contributed by atoms with Crippen molar-refractivity contribution in [3.05, 3.63) is 0 Å². The van der Waals surface area contributed by atoms with Crippen LogP contribution in [-0.2, 0) is 9.53 Å². The van der Waals surface area contributed by atoms with Crippen molar-refractivity contribution in [2.45, 2.75) is 110 Å². The number of carbonyl (C=O) groups excluding carboxylic acids is 1. The Hall–Kier alpha value is -0.970. The highest BCUT2D eigenvalue weighted by Crippen LogP contribution is 2.30. The molecule has 1 fully saturated rings. The highest BCUT2D eigenvalue weighted by atomic mass is 16.5. The Morgan fingerprint density at radius 1 is 0.792 bits per heavy atom. The molecule has 0 aromatic carbocycles. The first-order valence-corrected chi connectivity index (χ1v) is 10.5. The van der Waals surface area contributed by atoms with Crippen LogP contribution in [0.15, 0.2) is 0 Å². The van der Waals surface area contributed by atoms with Gasteiger partial charge in [-0.3, -0.25) is 4.79 Å². The average Bonchev–Trinajstić information content (AvgIpc) is 3.42. The molecule has 0 heterocycles. The number of hydrogen-bond donors (Lipinski definition) is 0. The third kappa shape index (κ3) is 13.5. The second kappa shape index (κ2) is 15.6. The van der Waals surface area contributed by atoms with E-state index < -0.39 is 0 Å². The zero-order valence-corrected chi connectivity index (χ0v) is 15.9. The summed E-state index contributed by atoms with van der Waals surface area (Å²) in [6, 6.07) is 0. The summed E-state index contributed by atoms with van der Waals surface area (Å²) in [6.45, 7) is 2.89. The Balaban J connectivity index is 1.71. The fraction of sp³-hybridized carbons (Fsp3) is 0.864. The van der Waals surface area contributed by atoms with E-state index in [1.807, 2.05) is 0 Å². The van der Waals surface area contributed by atoms with E-state index in [1.165, 1.54) is 70.6 Å². The maximum absolute atomic E-state index is 11.3. The van der Waals surface area contributed by atoms with Crippen molar-refractivity contribution in [3.63, 3.8) is 0 Å². The van der Waals surface area contributed by atoms with Crippen LogP contribution >= 0.6 is 0 Å². The van der Waals surface area contributed by atoms with Gasteiger partial charge in [-0.15, -0.1) is 11.8 Å². The largest absolute Gasteiger partial charge is 0.465 e. The minimum Gasteiger partial charge on any atom is -0.465 e. The van der Waals surface area contributed by atoms with Gasteiger partial charge < -0.3 is 4.74 Å². The fourth-order valence-electron chi connectivity index (χ4n) is 2.80. The third-order valence-corrected chi connectivity index (χ3v) is 4.63. The van der Waals surface area contributed by atoms with Crippen LogP contribution in [0.5, 0.6) is 0 Å². The molecule has 0 saturated heterocycles. The van der Waals surface area contributed by atoms with E-state index in [9.17, 15) is 4.79 Å². The van der Waals surface area contributed by atoms with Gasteiger partial charge in [0.1, 0.15) is 0 Å². The fourth-order valence-corrected chi connectivity index (χ4v) is 2.80. The number of rotatable bonds is 15. The molecule has 1 aliphatic carbocycles. The summed E-state index contributed by atoms with van der Waals surface area (Å²) in [5.41, 5.74) is 0. The molecule has 2 nitrogen and oxygen atoms in total. The standard InChI is InChI=1S/C22H38O2/c1-2-3-4-5-6-7-8-9-10-11-12-13-14-15-16-17-20-24-22(23)21-18-19-21/h21H,2-8,11-20H2,1H3. The lowest BCUT2D eigenvalue weighted by atomic mass is 10.1. The van der Waals surface area contributed by atoms with Crippen molar-refractivity contribution in [2.24, 2.45) is 5.92 Å². The van der Waals surface area contributed by atoms with E-state index in [4.69, 9.17) is 4.74 Å². The van der Waals surface area contributed by atoms with Crippen LogP contribution in [0.4, 0.5) is 0 Å². The monoisotopic (exact) mass is 334 g/mol. The van der Waals surface area contributed by atoms with Crippen LogP contribution in [0.2, 0.25) is 0 Å². The van der Waals surface area contributed by atoms with Crippen molar-refractivity contribution < 1.29 is 9.53 Å². The number of ether oxygens (including phenoxy) is 1. The van der Waals surface area contributed by atoms with Crippen LogP contribution in [0.25, 0.3) is 0 Å². The lowest BCUT2D eigenvalue weighted by Crippen LogP contribution is -2.07. The van der Waals surface area contributed by atoms with E-state index in [-0.39, 0.29) is 11.9 Å². The normalized spacial score (nSPS) is 13.4. The number of esters is 1. The molecule has 0 aromatic rings. The topological polar surface area (TPSA) is 26.3 Å². The summed E-state index contributed by atoms with van der Waals surface area (Å²) in [7, 11) is 0. The summed E-state index contributed by atoms with van der Waals surface area (Å²) in [4.78, 5) is 11.3. The molecule has 24 heavy (non-hydrogen) atoms. The second-order valence-electron chi connectivity index (χ2n) is 7.18. The second-order valence-corrected chi connectivity index (χ2v) is 7.18. The molecular weight excluding hydrogens is 296 g/mol. The molecule has 0 spiro atoms. The minimum atomic E-state index is 0.0366. The predicted octanol–water partition coefficient (Wildman–Crippen LogP) is 6.42. The highest BCUT2D eigenvalue weighted by molar-refractivity contribution is 5.74.